The maximum Gasteiger partial charge on any atom is 0.412 e. The largest absolute Gasteiger partial charge is 0.449 e. The number of nitrogens with one attached hydrogen (secondary N) is 1. The van der Waals surface area contributed by atoms with E-state index in [1.807, 2.05) is 24.3 Å². The Labute approximate surface area is 162 Å². The molecule has 1 aromatic carbocycles. The minimum absolute atomic E-state index is 0.444. The van der Waals surface area contributed by atoms with Crippen LogP contribution < -0.4 is 5.32 Å². The second-order valence-electron chi connectivity index (χ2n) is 6.99. The predicted molar refractivity (Wildman–Crippen MR) is 105 cm³/mol. The number of anilines is 1. The highest BCUT2D eigenvalue weighted by molar-refractivity contribution is 7.13. The number of rotatable bonds is 5. The van der Waals surface area contributed by atoms with Gasteiger partial charge in [-0.3, -0.25) is 5.32 Å². The highest BCUT2D eigenvalue weighted by atomic mass is 35.5. The third-order valence-electron chi connectivity index (χ3n) is 5.39. The van der Waals surface area contributed by atoms with Crippen LogP contribution in [0.1, 0.15) is 19.3 Å². The van der Waals surface area contributed by atoms with Gasteiger partial charge in [0.1, 0.15) is 0 Å². The summed E-state index contributed by atoms with van der Waals surface area (Å²) in [4.78, 5) is 19.8. The van der Waals surface area contributed by atoms with Crippen LogP contribution in [0.5, 0.6) is 0 Å². The van der Waals surface area contributed by atoms with E-state index in [9.17, 15) is 4.79 Å². The van der Waals surface area contributed by atoms with E-state index in [1.165, 1.54) is 37.3 Å². The number of aromatic nitrogens is 1. The molecule has 5 rings (SSSR count). The van der Waals surface area contributed by atoms with E-state index in [2.05, 4.69) is 15.2 Å². The lowest BCUT2D eigenvalue weighted by Gasteiger charge is -2.44. The topological polar surface area (TPSA) is 54.5 Å². The molecular formula is C19H22ClN3O2S. The summed E-state index contributed by atoms with van der Waals surface area (Å²) in [5, 5.41) is 3.42. The standard InChI is InChI=1S/C19H22ClN3O2S/c20-16-3-1-2-14(10-16)17-18(21-12-26-17)22-19(24)25-9-6-15-11-23-7-4-13(15)5-8-23/h1-3,10,12-13,15H,4-9,11H2,(H,22,24). The molecule has 3 aliphatic heterocycles. The van der Waals surface area contributed by atoms with E-state index in [0.29, 0.717) is 23.4 Å². The molecule has 2 aromatic rings. The monoisotopic (exact) mass is 391 g/mol. The number of hydrogen-bond donors (Lipinski definition) is 1. The fourth-order valence-corrected chi connectivity index (χ4v) is 4.95. The lowest BCUT2D eigenvalue weighted by Crippen LogP contribution is -2.47. The molecule has 0 spiro atoms. The summed E-state index contributed by atoms with van der Waals surface area (Å²) >= 11 is 7.52. The summed E-state index contributed by atoms with van der Waals surface area (Å²) in [7, 11) is 0. The van der Waals surface area contributed by atoms with Gasteiger partial charge in [0, 0.05) is 11.6 Å². The minimum Gasteiger partial charge on any atom is -0.449 e. The number of ether oxygens (including phenoxy) is 1. The van der Waals surface area contributed by atoms with Crippen LogP contribution in [-0.2, 0) is 4.74 Å². The number of hydrogen-bond acceptors (Lipinski definition) is 5. The van der Waals surface area contributed by atoms with Gasteiger partial charge in [0.2, 0.25) is 0 Å². The molecule has 0 saturated carbocycles. The maximum atomic E-state index is 12.2. The van der Waals surface area contributed by atoms with Gasteiger partial charge in [0.15, 0.2) is 5.82 Å². The first-order chi connectivity index (χ1) is 12.7. The van der Waals surface area contributed by atoms with E-state index >= 15 is 0 Å². The zero-order valence-corrected chi connectivity index (χ0v) is 16.1. The van der Waals surface area contributed by atoms with Crippen molar-refractivity contribution in [1.29, 1.82) is 0 Å². The first-order valence-electron chi connectivity index (χ1n) is 9.04. The summed E-state index contributed by atoms with van der Waals surface area (Å²) in [5.74, 6) is 1.98. The van der Waals surface area contributed by atoms with Gasteiger partial charge < -0.3 is 9.64 Å². The Morgan fingerprint density at radius 3 is 2.96 bits per heavy atom. The smallest absolute Gasteiger partial charge is 0.412 e. The van der Waals surface area contributed by atoms with Crippen molar-refractivity contribution in [3.8, 4) is 10.4 Å². The molecule has 7 heteroatoms. The molecule has 0 aliphatic carbocycles. The number of carbonyl (C=O) groups excluding carboxylic acids is 1. The van der Waals surface area contributed by atoms with Crippen molar-refractivity contribution < 1.29 is 9.53 Å². The quantitative estimate of drug-likeness (QED) is 0.799. The van der Waals surface area contributed by atoms with Gasteiger partial charge in [0.25, 0.3) is 0 Å². The van der Waals surface area contributed by atoms with E-state index < -0.39 is 6.09 Å². The summed E-state index contributed by atoms with van der Waals surface area (Å²) in [6.45, 7) is 4.08. The fourth-order valence-electron chi connectivity index (χ4n) is 4.02. The van der Waals surface area contributed by atoms with Crippen molar-refractivity contribution in [1.82, 2.24) is 9.88 Å². The molecule has 0 radical (unpaired) electrons. The van der Waals surface area contributed by atoms with Crippen molar-refractivity contribution in [2.24, 2.45) is 11.8 Å². The maximum absolute atomic E-state index is 12.2. The van der Waals surface area contributed by atoms with Gasteiger partial charge in [-0.1, -0.05) is 23.7 Å². The van der Waals surface area contributed by atoms with E-state index in [1.54, 1.807) is 5.51 Å². The molecule has 3 aliphatic rings. The van der Waals surface area contributed by atoms with Crippen molar-refractivity contribution in [3.63, 3.8) is 0 Å². The van der Waals surface area contributed by atoms with Gasteiger partial charge in [-0.25, -0.2) is 9.78 Å². The number of benzene rings is 1. The van der Waals surface area contributed by atoms with Gasteiger partial charge in [-0.05, 0) is 61.9 Å². The van der Waals surface area contributed by atoms with Crippen LogP contribution in [0.15, 0.2) is 29.8 Å². The van der Waals surface area contributed by atoms with Crippen LogP contribution in [0.3, 0.4) is 0 Å². The molecule has 1 aromatic heterocycles. The molecule has 2 bridgehead atoms. The molecule has 1 atom stereocenters. The number of nitrogens with zero attached hydrogens (tertiary/aromatic N) is 2. The molecule has 1 amide bonds. The number of thiazole rings is 1. The molecule has 1 unspecified atom stereocenters. The third kappa shape index (κ3) is 4.03. The normalized spacial score (nSPS) is 24.4. The molecule has 4 heterocycles. The molecule has 26 heavy (non-hydrogen) atoms. The molecule has 138 valence electrons. The Kier molecular flexibility index (Phi) is 5.43. The SMILES string of the molecule is O=C(Nc1ncsc1-c1cccc(Cl)c1)OCCC1CN2CCC1CC2. The average molecular weight is 392 g/mol. The predicted octanol–water partition coefficient (Wildman–Crippen LogP) is 4.74. The first-order valence-corrected chi connectivity index (χ1v) is 10.3. The molecule has 3 saturated heterocycles. The van der Waals surface area contributed by atoms with Gasteiger partial charge in [-0.2, -0.15) is 0 Å². The van der Waals surface area contributed by atoms with Crippen LogP contribution in [0, 0.1) is 11.8 Å². The van der Waals surface area contributed by atoms with Gasteiger partial charge >= 0.3 is 6.09 Å². The Morgan fingerprint density at radius 1 is 1.38 bits per heavy atom. The Hall–Kier alpha value is -1.63. The van der Waals surface area contributed by atoms with Crippen LogP contribution >= 0.6 is 22.9 Å². The number of carbonyl (C=O) groups is 1. The number of halogens is 1. The zero-order chi connectivity index (χ0) is 17.9. The summed E-state index contributed by atoms with van der Waals surface area (Å²) in [6.07, 6.45) is 3.07. The highest BCUT2D eigenvalue weighted by Gasteiger charge is 2.33. The van der Waals surface area contributed by atoms with Crippen LogP contribution in [-0.4, -0.2) is 42.2 Å². The lowest BCUT2D eigenvalue weighted by molar-refractivity contribution is 0.0357. The molecule has 3 fully saturated rings. The average Bonchev–Trinajstić information content (AvgIpc) is 3.11. The summed E-state index contributed by atoms with van der Waals surface area (Å²) < 4.78 is 5.41. The van der Waals surface area contributed by atoms with Crippen molar-refractivity contribution in [3.05, 3.63) is 34.8 Å². The molecule has 5 nitrogen and oxygen atoms in total. The number of amides is 1. The first kappa shape index (κ1) is 17.8. The number of piperidine rings is 3. The Bertz CT molecular complexity index is 774. The number of fused-ring (bicyclic) bond motifs is 3. The summed E-state index contributed by atoms with van der Waals surface area (Å²) in [5.41, 5.74) is 2.64. The van der Waals surface area contributed by atoms with E-state index in [-0.39, 0.29) is 0 Å². The van der Waals surface area contributed by atoms with Gasteiger partial charge in [0.05, 0.1) is 17.0 Å². The van der Waals surface area contributed by atoms with Crippen LogP contribution in [0.25, 0.3) is 10.4 Å². The van der Waals surface area contributed by atoms with E-state index in [0.717, 1.165) is 29.3 Å². The fraction of sp³-hybridized carbons (Fsp3) is 0.474. The zero-order valence-electron chi connectivity index (χ0n) is 14.5. The van der Waals surface area contributed by atoms with Crippen molar-refractivity contribution in [2.75, 3.05) is 31.6 Å². The lowest BCUT2D eigenvalue weighted by atomic mass is 9.78. The second kappa shape index (κ2) is 7.94. The summed E-state index contributed by atoms with van der Waals surface area (Å²) in [6, 6.07) is 7.51. The molecule has 1 N–H and O–H groups in total. The van der Waals surface area contributed by atoms with Crippen LogP contribution in [0.4, 0.5) is 10.6 Å². The Balaban J connectivity index is 1.30. The molecular weight excluding hydrogens is 370 g/mol. The third-order valence-corrected chi connectivity index (χ3v) is 6.50. The highest BCUT2D eigenvalue weighted by Crippen LogP contribution is 2.34. The van der Waals surface area contributed by atoms with Crippen LogP contribution in [0.2, 0.25) is 5.02 Å². The minimum atomic E-state index is -0.444. The van der Waals surface area contributed by atoms with Gasteiger partial charge in [-0.15, -0.1) is 11.3 Å². The second-order valence-corrected chi connectivity index (χ2v) is 8.28. The van der Waals surface area contributed by atoms with E-state index in [4.69, 9.17) is 16.3 Å². The Morgan fingerprint density at radius 2 is 2.23 bits per heavy atom. The van der Waals surface area contributed by atoms with Crippen molar-refractivity contribution >= 4 is 34.8 Å². The van der Waals surface area contributed by atoms with Crippen molar-refractivity contribution in [2.45, 2.75) is 19.3 Å².